The molecule has 0 radical (unpaired) electrons. The Morgan fingerprint density at radius 2 is 1.67 bits per heavy atom. The SMILES string of the molecule is CCCCOc1ccccc1NC(=O)c1ccc(NC2=C(Cl)C(=O)N(c3cccc(C(=O)OC)c3)C2=O)cc1. The third kappa shape index (κ3) is 6.10. The van der Waals surface area contributed by atoms with Crippen molar-refractivity contribution in [1.29, 1.82) is 0 Å². The lowest BCUT2D eigenvalue weighted by atomic mass is 10.1. The molecule has 1 aliphatic heterocycles. The summed E-state index contributed by atoms with van der Waals surface area (Å²) in [6.45, 7) is 2.62. The van der Waals surface area contributed by atoms with Gasteiger partial charge in [-0.1, -0.05) is 43.1 Å². The quantitative estimate of drug-likeness (QED) is 0.200. The fourth-order valence-electron chi connectivity index (χ4n) is 3.80. The lowest BCUT2D eigenvalue weighted by molar-refractivity contribution is -0.120. The summed E-state index contributed by atoms with van der Waals surface area (Å²) in [6.07, 6.45) is 1.90. The topological polar surface area (TPSA) is 114 Å². The van der Waals surface area contributed by atoms with Crippen molar-refractivity contribution >= 4 is 52.4 Å². The molecule has 10 heteroatoms. The van der Waals surface area contributed by atoms with E-state index in [-0.39, 0.29) is 27.9 Å². The number of amides is 3. The highest BCUT2D eigenvalue weighted by Gasteiger charge is 2.39. The van der Waals surface area contributed by atoms with Gasteiger partial charge in [-0.25, -0.2) is 9.69 Å². The molecule has 0 aliphatic carbocycles. The summed E-state index contributed by atoms with van der Waals surface area (Å²) in [5, 5.41) is 5.42. The van der Waals surface area contributed by atoms with Crippen LogP contribution in [0.2, 0.25) is 0 Å². The number of nitrogens with one attached hydrogen (secondary N) is 2. The Bertz CT molecular complexity index is 1450. The minimum atomic E-state index is -0.734. The van der Waals surface area contributed by atoms with Crippen molar-refractivity contribution < 1.29 is 28.7 Å². The first kappa shape index (κ1) is 27.4. The lowest BCUT2D eigenvalue weighted by Crippen LogP contribution is -2.32. The van der Waals surface area contributed by atoms with Crippen LogP contribution in [-0.2, 0) is 14.3 Å². The van der Waals surface area contributed by atoms with Gasteiger partial charge in [0.25, 0.3) is 17.7 Å². The first-order valence-electron chi connectivity index (χ1n) is 12.2. The van der Waals surface area contributed by atoms with Crippen molar-refractivity contribution in [3.05, 3.63) is 94.7 Å². The van der Waals surface area contributed by atoms with E-state index in [1.165, 1.54) is 31.4 Å². The second kappa shape index (κ2) is 12.3. The number of carbonyl (C=O) groups excluding carboxylic acids is 4. The van der Waals surface area contributed by atoms with Crippen molar-refractivity contribution in [2.75, 3.05) is 29.3 Å². The average molecular weight is 548 g/mol. The summed E-state index contributed by atoms with van der Waals surface area (Å²) in [5.41, 5.74) is 1.60. The van der Waals surface area contributed by atoms with Gasteiger partial charge in [-0.05, 0) is 61.0 Å². The Hall–Kier alpha value is -4.63. The number of hydrogen-bond acceptors (Lipinski definition) is 7. The molecule has 0 saturated heterocycles. The first-order chi connectivity index (χ1) is 18.8. The summed E-state index contributed by atoms with van der Waals surface area (Å²) in [4.78, 5) is 51.5. The third-order valence-corrected chi connectivity index (χ3v) is 6.21. The summed E-state index contributed by atoms with van der Waals surface area (Å²) in [7, 11) is 1.23. The van der Waals surface area contributed by atoms with Gasteiger partial charge in [0.15, 0.2) is 0 Å². The van der Waals surface area contributed by atoms with Crippen LogP contribution >= 0.6 is 11.6 Å². The molecule has 0 bridgehead atoms. The Morgan fingerprint density at radius 3 is 2.38 bits per heavy atom. The molecule has 200 valence electrons. The predicted octanol–water partition coefficient (Wildman–Crippen LogP) is 5.34. The van der Waals surface area contributed by atoms with Crippen molar-refractivity contribution in [2.24, 2.45) is 0 Å². The zero-order valence-corrected chi connectivity index (χ0v) is 22.1. The number of anilines is 3. The van der Waals surface area contributed by atoms with Gasteiger partial charge < -0.3 is 20.1 Å². The number of hydrogen-bond donors (Lipinski definition) is 2. The van der Waals surface area contributed by atoms with E-state index in [2.05, 4.69) is 17.6 Å². The van der Waals surface area contributed by atoms with Crippen LogP contribution in [0.5, 0.6) is 5.75 Å². The van der Waals surface area contributed by atoms with E-state index in [0.717, 1.165) is 17.7 Å². The zero-order chi connectivity index (χ0) is 27.9. The molecule has 3 amide bonds. The molecule has 0 unspecified atom stereocenters. The predicted molar refractivity (Wildman–Crippen MR) is 148 cm³/mol. The van der Waals surface area contributed by atoms with Crippen molar-refractivity contribution in [2.45, 2.75) is 19.8 Å². The van der Waals surface area contributed by atoms with Gasteiger partial charge >= 0.3 is 5.97 Å². The Labute approximate surface area is 230 Å². The van der Waals surface area contributed by atoms with E-state index in [9.17, 15) is 19.2 Å². The number of para-hydroxylation sites is 2. The fraction of sp³-hybridized carbons (Fsp3) is 0.172. The molecular formula is C29H26ClN3O6. The maximum Gasteiger partial charge on any atom is 0.337 e. The summed E-state index contributed by atoms with van der Waals surface area (Å²) in [6, 6.07) is 19.4. The highest BCUT2D eigenvalue weighted by Crippen LogP contribution is 2.31. The number of ether oxygens (including phenoxy) is 2. The van der Waals surface area contributed by atoms with Gasteiger partial charge in [0.05, 0.1) is 30.7 Å². The minimum absolute atomic E-state index is 0.125. The number of esters is 1. The van der Waals surface area contributed by atoms with E-state index in [1.54, 1.807) is 36.4 Å². The maximum absolute atomic E-state index is 13.1. The highest BCUT2D eigenvalue weighted by atomic mass is 35.5. The van der Waals surface area contributed by atoms with Crippen LogP contribution in [0.4, 0.5) is 17.1 Å². The molecule has 0 fully saturated rings. The van der Waals surface area contributed by atoms with E-state index < -0.39 is 17.8 Å². The molecule has 3 aromatic rings. The largest absolute Gasteiger partial charge is 0.491 e. The normalized spacial score (nSPS) is 12.9. The lowest BCUT2D eigenvalue weighted by Gasteiger charge is -2.16. The molecule has 1 aliphatic rings. The van der Waals surface area contributed by atoms with E-state index >= 15 is 0 Å². The Balaban J connectivity index is 1.45. The van der Waals surface area contributed by atoms with Crippen LogP contribution in [0.1, 0.15) is 40.5 Å². The van der Waals surface area contributed by atoms with Gasteiger partial charge in [0.2, 0.25) is 0 Å². The van der Waals surface area contributed by atoms with E-state index in [4.69, 9.17) is 21.1 Å². The number of imide groups is 1. The number of nitrogens with zero attached hydrogens (tertiary/aromatic N) is 1. The molecule has 4 rings (SSSR count). The first-order valence-corrected chi connectivity index (χ1v) is 12.6. The van der Waals surface area contributed by atoms with Crippen LogP contribution < -0.4 is 20.3 Å². The molecule has 3 aromatic carbocycles. The molecule has 2 N–H and O–H groups in total. The third-order valence-electron chi connectivity index (χ3n) is 5.86. The Morgan fingerprint density at radius 1 is 0.923 bits per heavy atom. The van der Waals surface area contributed by atoms with Crippen molar-refractivity contribution in [3.63, 3.8) is 0 Å². The van der Waals surface area contributed by atoms with Crippen molar-refractivity contribution in [3.8, 4) is 5.75 Å². The van der Waals surface area contributed by atoms with Gasteiger partial charge in [-0.3, -0.25) is 14.4 Å². The molecule has 0 spiro atoms. The molecule has 9 nitrogen and oxygen atoms in total. The van der Waals surface area contributed by atoms with Crippen LogP contribution in [0, 0.1) is 0 Å². The highest BCUT2D eigenvalue weighted by molar-refractivity contribution is 6.53. The number of carbonyl (C=O) groups is 4. The monoisotopic (exact) mass is 547 g/mol. The van der Waals surface area contributed by atoms with Gasteiger partial charge in [0, 0.05) is 11.3 Å². The Kier molecular flexibility index (Phi) is 8.63. The summed E-state index contributed by atoms with van der Waals surface area (Å²) < 4.78 is 10.5. The number of benzene rings is 3. The summed E-state index contributed by atoms with van der Waals surface area (Å²) >= 11 is 6.22. The van der Waals surface area contributed by atoms with Crippen molar-refractivity contribution in [1.82, 2.24) is 0 Å². The van der Waals surface area contributed by atoms with Gasteiger partial charge in [0.1, 0.15) is 16.5 Å². The number of unbranched alkanes of at least 4 members (excludes halogenated alkanes) is 1. The smallest absolute Gasteiger partial charge is 0.337 e. The molecule has 0 saturated carbocycles. The van der Waals surface area contributed by atoms with E-state index in [0.29, 0.717) is 29.3 Å². The second-order valence-corrected chi connectivity index (χ2v) is 8.91. The van der Waals surface area contributed by atoms with Crippen LogP contribution in [0.25, 0.3) is 0 Å². The number of methoxy groups -OCH3 is 1. The molecular weight excluding hydrogens is 522 g/mol. The molecule has 0 atom stereocenters. The summed E-state index contributed by atoms with van der Waals surface area (Å²) in [5.74, 6) is -1.78. The van der Waals surface area contributed by atoms with Crippen LogP contribution in [-0.4, -0.2) is 37.4 Å². The average Bonchev–Trinajstić information content (AvgIpc) is 3.16. The van der Waals surface area contributed by atoms with E-state index in [1.807, 2.05) is 12.1 Å². The zero-order valence-electron chi connectivity index (χ0n) is 21.3. The second-order valence-electron chi connectivity index (χ2n) is 8.53. The molecule has 39 heavy (non-hydrogen) atoms. The van der Waals surface area contributed by atoms with Crippen LogP contribution in [0.3, 0.4) is 0 Å². The maximum atomic E-state index is 13.1. The van der Waals surface area contributed by atoms with Gasteiger partial charge in [-0.2, -0.15) is 0 Å². The number of rotatable bonds is 10. The molecule has 1 heterocycles. The number of halogens is 1. The molecule has 0 aromatic heterocycles. The fourth-order valence-corrected chi connectivity index (χ4v) is 4.01. The standard InChI is InChI=1S/C29H26ClN3O6/c1-3-4-16-39-23-11-6-5-10-22(23)32-26(34)18-12-14-20(15-13-18)31-25-24(30)27(35)33(28(25)36)21-9-7-8-19(17-21)29(37)38-2/h5-15,17,31H,3-4,16H2,1-2H3,(H,32,34). The van der Waals surface area contributed by atoms with Crippen LogP contribution in [0.15, 0.2) is 83.5 Å². The van der Waals surface area contributed by atoms with Gasteiger partial charge in [-0.15, -0.1) is 0 Å². The minimum Gasteiger partial charge on any atom is -0.491 e.